The number of aryl methyl sites for hydroxylation is 1. The number of nitrogens with one attached hydrogen (secondary N) is 2. The molecule has 1 amide bonds. The van der Waals surface area contributed by atoms with Crippen molar-refractivity contribution < 1.29 is 9.18 Å². The summed E-state index contributed by atoms with van der Waals surface area (Å²) in [6.07, 6.45) is 5.92. The Bertz CT molecular complexity index is 1150. The molecule has 0 radical (unpaired) electrons. The summed E-state index contributed by atoms with van der Waals surface area (Å²) in [5.74, 6) is 1.43. The van der Waals surface area contributed by atoms with Gasteiger partial charge in [0.25, 0.3) is 0 Å². The van der Waals surface area contributed by atoms with Crippen molar-refractivity contribution in [1.29, 1.82) is 0 Å². The van der Waals surface area contributed by atoms with E-state index in [0.29, 0.717) is 36.0 Å². The number of rotatable bonds is 5. The highest BCUT2D eigenvalue weighted by Gasteiger charge is 2.32. The average molecular weight is 436 g/mol. The molecule has 1 atom stereocenters. The van der Waals surface area contributed by atoms with Gasteiger partial charge in [-0.05, 0) is 50.3 Å². The third kappa shape index (κ3) is 3.68. The second-order valence-corrected chi connectivity index (χ2v) is 8.66. The molecule has 5 rings (SSSR count). The zero-order valence-electron chi connectivity index (χ0n) is 18.3. The van der Waals surface area contributed by atoms with Crippen molar-refractivity contribution in [2.75, 3.05) is 22.6 Å². The largest absolute Gasteiger partial charge is 0.350 e. The lowest BCUT2D eigenvalue weighted by atomic mass is 9.76. The van der Waals surface area contributed by atoms with Gasteiger partial charge in [-0.25, -0.2) is 9.37 Å². The minimum absolute atomic E-state index is 0.0579. The number of aromatic nitrogens is 4. The fourth-order valence-electron chi connectivity index (χ4n) is 4.29. The van der Waals surface area contributed by atoms with Gasteiger partial charge in [0.2, 0.25) is 11.9 Å². The summed E-state index contributed by atoms with van der Waals surface area (Å²) in [4.78, 5) is 23.0. The summed E-state index contributed by atoms with van der Waals surface area (Å²) in [5, 5.41) is 10.7. The molecule has 0 unspecified atom stereocenters. The Labute approximate surface area is 185 Å². The lowest BCUT2D eigenvalue weighted by Crippen LogP contribution is -2.44. The number of likely N-dealkylation sites (N-methyl/N-ethyl adjacent to an activating group) is 1. The minimum Gasteiger partial charge on any atom is -0.350 e. The van der Waals surface area contributed by atoms with E-state index in [9.17, 15) is 9.18 Å². The minimum atomic E-state index is -0.288. The van der Waals surface area contributed by atoms with E-state index >= 15 is 0 Å². The summed E-state index contributed by atoms with van der Waals surface area (Å²) in [5.41, 5.74) is 3.62. The maximum atomic E-state index is 13.1. The van der Waals surface area contributed by atoms with Gasteiger partial charge in [0.15, 0.2) is 5.82 Å². The van der Waals surface area contributed by atoms with Crippen molar-refractivity contribution in [1.82, 2.24) is 19.7 Å². The lowest BCUT2D eigenvalue weighted by molar-refractivity contribution is -0.117. The second kappa shape index (κ2) is 7.89. The summed E-state index contributed by atoms with van der Waals surface area (Å²) in [6.45, 7) is 4.26. The first-order valence-corrected chi connectivity index (χ1v) is 10.8. The predicted octanol–water partition coefficient (Wildman–Crippen LogP) is 3.63. The fourth-order valence-corrected chi connectivity index (χ4v) is 4.29. The van der Waals surface area contributed by atoms with Crippen LogP contribution in [0.1, 0.15) is 48.5 Å². The molecular formula is C23H26FN7O. The van der Waals surface area contributed by atoms with Gasteiger partial charge in [0.1, 0.15) is 17.5 Å². The molecule has 0 bridgehead atoms. The van der Waals surface area contributed by atoms with Crippen LogP contribution < -0.4 is 15.5 Å². The number of hydrogen-bond donors (Lipinski definition) is 2. The van der Waals surface area contributed by atoms with Crippen LogP contribution in [0.4, 0.5) is 21.8 Å². The van der Waals surface area contributed by atoms with Crippen molar-refractivity contribution in [2.24, 2.45) is 0 Å². The summed E-state index contributed by atoms with van der Waals surface area (Å²) in [6, 6.07) is 6.87. The Morgan fingerprint density at radius 3 is 2.72 bits per heavy atom. The number of nitrogens with zero attached hydrogens (tertiary/aromatic N) is 5. The van der Waals surface area contributed by atoms with E-state index in [1.807, 2.05) is 48.8 Å². The van der Waals surface area contributed by atoms with Crippen LogP contribution in [0.2, 0.25) is 0 Å². The van der Waals surface area contributed by atoms with Crippen LogP contribution in [0.5, 0.6) is 0 Å². The molecule has 2 aliphatic rings. The molecule has 32 heavy (non-hydrogen) atoms. The van der Waals surface area contributed by atoms with Gasteiger partial charge < -0.3 is 15.5 Å². The number of carbonyl (C=O) groups excluding carboxylic acids is 1. The Morgan fingerprint density at radius 2 is 1.97 bits per heavy atom. The smallest absolute Gasteiger partial charge is 0.246 e. The first kappa shape index (κ1) is 20.4. The summed E-state index contributed by atoms with van der Waals surface area (Å²) in [7, 11) is 1.86. The SMILES string of the molecule is Cc1nc(NCc2cnn([C@H]3C[C@H](c4ccc(F)cc4)C3)c2)nc2c1NC(=O)[C@H](C)N2C. The van der Waals surface area contributed by atoms with E-state index in [0.717, 1.165) is 24.1 Å². The van der Waals surface area contributed by atoms with Crippen LogP contribution in [0.15, 0.2) is 36.7 Å². The number of halogens is 1. The Morgan fingerprint density at radius 1 is 1.22 bits per heavy atom. The maximum Gasteiger partial charge on any atom is 0.246 e. The zero-order chi connectivity index (χ0) is 22.4. The second-order valence-electron chi connectivity index (χ2n) is 8.66. The van der Waals surface area contributed by atoms with Crippen molar-refractivity contribution >= 4 is 23.4 Å². The van der Waals surface area contributed by atoms with Crippen LogP contribution >= 0.6 is 0 Å². The monoisotopic (exact) mass is 435 g/mol. The van der Waals surface area contributed by atoms with Gasteiger partial charge in [-0.15, -0.1) is 0 Å². The first-order valence-electron chi connectivity index (χ1n) is 10.8. The predicted molar refractivity (Wildman–Crippen MR) is 120 cm³/mol. The Kier molecular flexibility index (Phi) is 5.03. The molecule has 1 aromatic carbocycles. The van der Waals surface area contributed by atoms with Gasteiger partial charge >= 0.3 is 0 Å². The van der Waals surface area contributed by atoms with Crippen LogP contribution in [0.25, 0.3) is 0 Å². The number of anilines is 3. The number of benzene rings is 1. The van der Waals surface area contributed by atoms with E-state index in [1.54, 1.807) is 0 Å². The van der Waals surface area contributed by atoms with Crippen LogP contribution in [0.3, 0.4) is 0 Å². The molecule has 1 aliphatic carbocycles. The van der Waals surface area contributed by atoms with Crippen LogP contribution in [-0.4, -0.2) is 38.7 Å². The maximum absolute atomic E-state index is 13.1. The molecule has 8 nitrogen and oxygen atoms in total. The quantitative estimate of drug-likeness (QED) is 0.636. The highest BCUT2D eigenvalue weighted by molar-refractivity contribution is 6.03. The average Bonchev–Trinajstić information content (AvgIpc) is 3.20. The molecule has 3 heterocycles. The molecule has 1 saturated carbocycles. The van der Waals surface area contributed by atoms with Crippen LogP contribution in [-0.2, 0) is 11.3 Å². The first-order chi connectivity index (χ1) is 15.4. The van der Waals surface area contributed by atoms with E-state index in [1.165, 1.54) is 17.7 Å². The molecular weight excluding hydrogens is 409 g/mol. The zero-order valence-corrected chi connectivity index (χ0v) is 18.3. The molecule has 0 spiro atoms. The molecule has 0 saturated heterocycles. The van der Waals surface area contributed by atoms with E-state index < -0.39 is 0 Å². The molecule has 3 aromatic rings. The van der Waals surface area contributed by atoms with Gasteiger partial charge in [-0.3, -0.25) is 9.48 Å². The van der Waals surface area contributed by atoms with Gasteiger partial charge in [-0.1, -0.05) is 12.1 Å². The highest BCUT2D eigenvalue weighted by atomic mass is 19.1. The summed E-state index contributed by atoms with van der Waals surface area (Å²) < 4.78 is 15.1. The van der Waals surface area contributed by atoms with Crippen molar-refractivity contribution in [3.63, 3.8) is 0 Å². The lowest BCUT2D eigenvalue weighted by Gasteiger charge is -2.35. The molecule has 2 aromatic heterocycles. The fraction of sp³-hybridized carbons (Fsp3) is 0.391. The molecule has 2 N–H and O–H groups in total. The van der Waals surface area contributed by atoms with E-state index in [4.69, 9.17) is 0 Å². The van der Waals surface area contributed by atoms with Gasteiger partial charge in [-0.2, -0.15) is 10.1 Å². The van der Waals surface area contributed by atoms with Crippen molar-refractivity contribution in [2.45, 2.75) is 51.2 Å². The number of carbonyl (C=O) groups is 1. The summed E-state index contributed by atoms with van der Waals surface area (Å²) >= 11 is 0. The van der Waals surface area contributed by atoms with Gasteiger partial charge in [0.05, 0.1) is 17.9 Å². The van der Waals surface area contributed by atoms with Crippen molar-refractivity contribution in [3.8, 4) is 0 Å². The molecule has 1 fully saturated rings. The standard InChI is InChI=1S/C23H26FN7O/c1-13-20-21(30(3)14(2)22(32)28-20)29-23(27-13)25-10-15-11-26-31(12-15)19-8-17(9-19)16-4-6-18(24)7-5-16/h4-7,11-12,14,17,19H,8-10H2,1-3H3,(H,28,32)(H,25,27,29)/t14-,17-,19-/m0/s1. The highest BCUT2D eigenvalue weighted by Crippen LogP contribution is 2.44. The molecule has 166 valence electrons. The van der Waals surface area contributed by atoms with Crippen molar-refractivity contribution in [3.05, 3.63) is 59.3 Å². The van der Waals surface area contributed by atoms with E-state index in [2.05, 4.69) is 31.9 Å². The topological polar surface area (TPSA) is 88.0 Å². The third-order valence-electron chi connectivity index (χ3n) is 6.55. The number of amides is 1. The van der Waals surface area contributed by atoms with Crippen LogP contribution in [0, 0.1) is 12.7 Å². The Balaban J connectivity index is 1.21. The molecule has 9 heteroatoms. The number of fused-ring (bicyclic) bond motifs is 1. The van der Waals surface area contributed by atoms with Gasteiger partial charge in [0, 0.05) is 25.4 Å². The third-order valence-corrected chi connectivity index (χ3v) is 6.55. The normalized spacial score (nSPS) is 22.2. The van der Waals surface area contributed by atoms with E-state index in [-0.39, 0.29) is 17.8 Å². The Hall–Kier alpha value is -3.49. The number of hydrogen-bond acceptors (Lipinski definition) is 6. The molecule has 1 aliphatic heterocycles.